The fourth-order valence-electron chi connectivity index (χ4n) is 6.46. The van der Waals surface area contributed by atoms with Gasteiger partial charge in [0.25, 0.3) is 15.9 Å². The normalized spacial score (nSPS) is 20.2. The van der Waals surface area contributed by atoms with Gasteiger partial charge in [0.05, 0.1) is 16.6 Å². The van der Waals surface area contributed by atoms with Crippen molar-refractivity contribution in [1.82, 2.24) is 5.01 Å². The third-order valence-electron chi connectivity index (χ3n) is 8.67. The Morgan fingerprint density at radius 3 is 2.38 bits per heavy atom. The van der Waals surface area contributed by atoms with E-state index < -0.39 is 22.0 Å². The number of amides is 1. The Kier molecular flexibility index (Phi) is 7.30. The molecule has 4 aliphatic rings. The molecule has 1 fully saturated rings. The van der Waals surface area contributed by atoms with E-state index >= 15 is 0 Å². The van der Waals surface area contributed by atoms with Crippen LogP contribution in [-0.4, -0.2) is 38.6 Å². The van der Waals surface area contributed by atoms with Crippen molar-refractivity contribution >= 4 is 45.0 Å². The van der Waals surface area contributed by atoms with Gasteiger partial charge >= 0.3 is 0 Å². The molecule has 2 atom stereocenters. The first kappa shape index (κ1) is 29.4. The van der Waals surface area contributed by atoms with E-state index in [0.717, 1.165) is 41.7 Å². The number of anilines is 1. The number of benzene rings is 4. The lowest BCUT2D eigenvalue weighted by atomic mass is 9.77. The molecule has 1 N–H and O–H groups in total. The molecule has 10 nitrogen and oxygen atoms in total. The van der Waals surface area contributed by atoms with Gasteiger partial charge in [-0.1, -0.05) is 29.8 Å². The van der Waals surface area contributed by atoms with Crippen LogP contribution in [0.1, 0.15) is 46.8 Å². The first-order valence-electron chi connectivity index (χ1n) is 15.1. The predicted molar refractivity (Wildman–Crippen MR) is 175 cm³/mol. The van der Waals surface area contributed by atoms with E-state index in [4.69, 9.17) is 35.6 Å². The number of hydrogen-bond donors (Lipinski definition) is 1. The summed E-state index contributed by atoms with van der Waals surface area (Å²) in [7, 11) is -4.01. The first-order chi connectivity index (χ1) is 22.8. The number of sulfonamides is 1. The zero-order chi connectivity index (χ0) is 32.1. The van der Waals surface area contributed by atoms with Gasteiger partial charge in [0.1, 0.15) is 0 Å². The van der Waals surface area contributed by atoms with Gasteiger partial charge in [0.2, 0.25) is 13.6 Å². The number of carbonyl (C=O) groups is 1. The van der Waals surface area contributed by atoms with Gasteiger partial charge in [-0.15, -0.1) is 0 Å². The molecule has 1 aliphatic carbocycles. The maximum Gasteiger partial charge on any atom is 0.274 e. The number of rotatable bonds is 6. The molecule has 0 saturated heterocycles. The summed E-state index contributed by atoms with van der Waals surface area (Å²) in [4.78, 5) is 14.3. The Labute approximate surface area is 276 Å². The molecule has 0 bridgehead atoms. The van der Waals surface area contributed by atoms with Crippen molar-refractivity contribution < 1.29 is 32.2 Å². The minimum absolute atomic E-state index is 0.0504. The van der Waals surface area contributed by atoms with E-state index in [1.54, 1.807) is 36.4 Å². The number of fused-ring (bicyclic) bond motifs is 3. The monoisotopic (exact) mass is 669 g/mol. The van der Waals surface area contributed by atoms with Crippen molar-refractivity contribution in [3.63, 3.8) is 0 Å². The molecule has 8 rings (SSSR count). The second-order valence-electron chi connectivity index (χ2n) is 11.6. The first-order valence-corrected chi connectivity index (χ1v) is 17.0. The summed E-state index contributed by atoms with van der Waals surface area (Å²) < 4.78 is 51.5. The lowest BCUT2D eigenvalue weighted by Gasteiger charge is -2.30. The highest BCUT2D eigenvalue weighted by Crippen LogP contribution is 2.47. The van der Waals surface area contributed by atoms with Crippen LogP contribution in [0.3, 0.4) is 0 Å². The van der Waals surface area contributed by atoms with Gasteiger partial charge in [-0.05, 0) is 109 Å². The van der Waals surface area contributed by atoms with E-state index in [2.05, 4.69) is 10.8 Å². The van der Waals surface area contributed by atoms with E-state index in [0.29, 0.717) is 33.7 Å². The lowest BCUT2D eigenvalue weighted by Crippen LogP contribution is -2.32. The molecule has 3 aliphatic heterocycles. The van der Waals surface area contributed by atoms with E-state index in [1.807, 2.05) is 36.4 Å². The molecular formula is C35H28ClN3O7S. The van der Waals surface area contributed by atoms with Crippen LogP contribution < -0.4 is 23.7 Å². The summed E-state index contributed by atoms with van der Waals surface area (Å²) in [6, 6.07) is 23.4. The average Bonchev–Trinajstić information content (AvgIpc) is 3.84. The van der Waals surface area contributed by atoms with Gasteiger partial charge in [0, 0.05) is 22.2 Å². The second-order valence-corrected chi connectivity index (χ2v) is 13.7. The molecule has 4 aromatic rings. The molecule has 0 unspecified atom stereocenters. The Hall–Kier alpha value is -5.00. The van der Waals surface area contributed by atoms with Crippen LogP contribution in [0.4, 0.5) is 5.69 Å². The number of nitrogens with zero attached hydrogens (tertiary/aromatic N) is 2. The summed E-state index contributed by atoms with van der Waals surface area (Å²) in [6.45, 7) is 0.323. The van der Waals surface area contributed by atoms with Crippen molar-refractivity contribution in [2.45, 2.75) is 30.2 Å². The Morgan fingerprint density at radius 2 is 1.60 bits per heavy atom. The topological polar surface area (TPSA) is 116 Å². The number of hydrazone groups is 1. The molecule has 1 amide bonds. The van der Waals surface area contributed by atoms with Gasteiger partial charge in [0.15, 0.2) is 23.0 Å². The fraction of sp³-hybridized carbons (Fsp3) is 0.200. The number of allylic oxidation sites excluding steroid dienone is 1. The summed E-state index contributed by atoms with van der Waals surface area (Å²) in [5.74, 6) is 2.14. The highest BCUT2D eigenvalue weighted by Gasteiger charge is 2.44. The van der Waals surface area contributed by atoms with Crippen LogP contribution >= 0.6 is 11.6 Å². The molecule has 1 saturated carbocycles. The average molecular weight is 670 g/mol. The summed E-state index contributed by atoms with van der Waals surface area (Å²) >= 11 is 5.96. The highest BCUT2D eigenvalue weighted by atomic mass is 35.5. The van der Waals surface area contributed by atoms with Crippen molar-refractivity contribution in [2.75, 3.05) is 18.3 Å². The maximum absolute atomic E-state index is 14.4. The molecule has 0 spiro atoms. The van der Waals surface area contributed by atoms with Crippen LogP contribution in [0.5, 0.6) is 23.0 Å². The number of carbonyl (C=O) groups excluding carboxylic acids is 1. The maximum atomic E-state index is 14.4. The summed E-state index contributed by atoms with van der Waals surface area (Å²) in [5, 5.41) is 6.96. The zero-order valence-corrected chi connectivity index (χ0v) is 26.5. The number of hydrogen-bond acceptors (Lipinski definition) is 8. The number of ether oxygens (including phenoxy) is 4. The van der Waals surface area contributed by atoms with Crippen molar-refractivity contribution in [3.05, 3.63) is 112 Å². The summed E-state index contributed by atoms with van der Waals surface area (Å²) in [6.07, 6.45) is 4.61. The SMILES string of the molecule is O=C(c1cccc(S(=O)(=O)Nc2ccc(Cl)cc2)c1)N1N=C2/C(=C/c3ccc4c(c3)OCO4)CCC[C@H]2[C@@H]1c1ccc2c(c1)OCO2. The molecule has 47 heavy (non-hydrogen) atoms. The zero-order valence-electron chi connectivity index (χ0n) is 24.9. The predicted octanol–water partition coefficient (Wildman–Crippen LogP) is 7.04. The molecule has 238 valence electrons. The highest BCUT2D eigenvalue weighted by molar-refractivity contribution is 7.92. The third kappa shape index (κ3) is 5.55. The largest absolute Gasteiger partial charge is 0.454 e. The quantitative estimate of drug-likeness (QED) is 0.234. The van der Waals surface area contributed by atoms with Gasteiger partial charge < -0.3 is 18.9 Å². The van der Waals surface area contributed by atoms with Crippen LogP contribution in [0.15, 0.2) is 100 Å². The smallest absolute Gasteiger partial charge is 0.274 e. The van der Waals surface area contributed by atoms with E-state index in [9.17, 15) is 13.2 Å². The summed E-state index contributed by atoms with van der Waals surface area (Å²) in [5.41, 5.74) is 4.21. The Bertz CT molecular complexity index is 2080. The van der Waals surface area contributed by atoms with Gasteiger partial charge in [-0.2, -0.15) is 5.10 Å². The van der Waals surface area contributed by atoms with Crippen molar-refractivity contribution in [2.24, 2.45) is 11.0 Å². The minimum Gasteiger partial charge on any atom is -0.454 e. The van der Waals surface area contributed by atoms with E-state index in [1.165, 1.54) is 17.1 Å². The lowest BCUT2D eigenvalue weighted by molar-refractivity contribution is 0.0680. The minimum atomic E-state index is -4.01. The molecule has 3 heterocycles. The van der Waals surface area contributed by atoms with Crippen molar-refractivity contribution in [3.8, 4) is 23.0 Å². The third-order valence-corrected chi connectivity index (χ3v) is 10.3. The Morgan fingerprint density at radius 1 is 0.872 bits per heavy atom. The van der Waals surface area contributed by atoms with Crippen molar-refractivity contribution in [1.29, 1.82) is 0 Å². The van der Waals surface area contributed by atoms with Crippen LogP contribution in [0.2, 0.25) is 5.02 Å². The molecule has 0 radical (unpaired) electrons. The van der Waals surface area contributed by atoms with Crippen LogP contribution in [-0.2, 0) is 10.0 Å². The number of nitrogens with one attached hydrogen (secondary N) is 1. The Balaban J connectivity index is 1.16. The van der Waals surface area contributed by atoms with E-state index in [-0.39, 0.29) is 30.0 Å². The van der Waals surface area contributed by atoms with Crippen LogP contribution in [0.25, 0.3) is 6.08 Å². The second kappa shape index (κ2) is 11.7. The molecule has 12 heteroatoms. The van der Waals surface area contributed by atoms with Gasteiger partial charge in [-0.3, -0.25) is 9.52 Å². The van der Waals surface area contributed by atoms with Gasteiger partial charge in [-0.25, -0.2) is 13.4 Å². The number of halogens is 1. The fourth-order valence-corrected chi connectivity index (χ4v) is 7.69. The molecule has 0 aromatic heterocycles. The molecule has 4 aromatic carbocycles. The standard InChI is InChI=1S/C35H28ClN3O7S/c36-25-9-11-26(12-10-25)38-47(41,42)27-5-1-4-24(17-27)35(40)39-34(23-8-14-30-32(18-23)46-20-44-30)28-6-2-3-22(33(28)37-39)15-21-7-13-29-31(16-21)45-19-43-29/h1,4-5,7-18,28,34,38H,2-3,6,19-20H2/b22-15+/t28-,34+/m1/s1. The van der Waals surface area contributed by atoms with Crippen LogP contribution in [0, 0.1) is 5.92 Å². The molecular weight excluding hydrogens is 642 g/mol.